The molecule has 0 aliphatic carbocycles. The molecule has 1 aliphatic heterocycles. The lowest BCUT2D eigenvalue weighted by Crippen LogP contribution is -2.50. The van der Waals surface area contributed by atoms with Gasteiger partial charge < -0.3 is 14.9 Å². The van der Waals surface area contributed by atoms with E-state index in [2.05, 4.69) is 0 Å². The average Bonchev–Trinajstić information content (AvgIpc) is 2.53. The molecule has 1 unspecified atom stereocenters. The number of benzene rings is 1. The Morgan fingerprint density at radius 1 is 1.44 bits per heavy atom. The summed E-state index contributed by atoms with van der Waals surface area (Å²) in [6, 6.07) is 5.05. The van der Waals surface area contributed by atoms with E-state index in [1.54, 1.807) is 25.1 Å². The van der Waals surface area contributed by atoms with Crippen LogP contribution >= 0.6 is 0 Å². The van der Waals surface area contributed by atoms with Gasteiger partial charge in [0.05, 0.1) is 29.2 Å². The van der Waals surface area contributed by atoms with Crippen molar-refractivity contribution in [1.82, 2.24) is 4.90 Å². The number of hydrogen-bond donors (Lipinski definition) is 1. The summed E-state index contributed by atoms with van der Waals surface area (Å²) in [5, 5.41) is 19.6. The second-order valence-electron chi connectivity index (χ2n) is 6.55. The molecule has 1 fully saturated rings. The van der Waals surface area contributed by atoms with Crippen LogP contribution in [-0.4, -0.2) is 48.7 Å². The summed E-state index contributed by atoms with van der Waals surface area (Å²) in [7, 11) is 3.17. The van der Waals surface area contributed by atoms with Gasteiger partial charge >= 0.3 is 6.18 Å². The first-order chi connectivity index (χ1) is 11.6. The highest BCUT2D eigenvalue weighted by Gasteiger charge is 2.38. The molecule has 1 atom stereocenters. The molecule has 25 heavy (non-hydrogen) atoms. The highest BCUT2D eigenvalue weighted by molar-refractivity contribution is 5.76. The van der Waals surface area contributed by atoms with Crippen LogP contribution in [0.15, 0.2) is 18.2 Å². The van der Waals surface area contributed by atoms with Gasteiger partial charge in [0, 0.05) is 32.9 Å². The van der Waals surface area contributed by atoms with Gasteiger partial charge in [-0.05, 0) is 31.0 Å². The van der Waals surface area contributed by atoms with Gasteiger partial charge in [-0.25, -0.2) is 0 Å². The van der Waals surface area contributed by atoms with Crippen LogP contribution < -0.4 is 4.90 Å². The second-order valence-corrected chi connectivity index (χ2v) is 6.55. The molecule has 5 nitrogen and oxygen atoms in total. The predicted octanol–water partition coefficient (Wildman–Crippen LogP) is 2.39. The largest absolute Gasteiger partial charge is 0.417 e. The topological polar surface area (TPSA) is 67.6 Å². The normalized spacial score (nSPS) is 20.9. The maximum atomic E-state index is 13.1. The van der Waals surface area contributed by atoms with Crippen molar-refractivity contribution in [2.45, 2.75) is 31.0 Å². The van der Waals surface area contributed by atoms with Gasteiger partial charge in [-0.1, -0.05) is 0 Å². The molecule has 0 aromatic heterocycles. The summed E-state index contributed by atoms with van der Waals surface area (Å²) < 4.78 is 39.4. The Morgan fingerprint density at radius 2 is 2.12 bits per heavy atom. The molecule has 1 amide bonds. The maximum absolute atomic E-state index is 13.1. The number of β-amino-alcohol motifs (C(OH)–C–C–N with tert-alkyl or cyclic N) is 1. The van der Waals surface area contributed by atoms with Gasteiger partial charge in [-0.15, -0.1) is 0 Å². The summed E-state index contributed by atoms with van der Waals surface area (Å²) in [4.78, 5) is 14.9. The van der Waals surface area contributed by atoms with E-state index in [0.29, 0.717) is 19.4 Å². The number of amides is 1. The van der Waals surface area contributed by atoms with Crippen molar-refractivity contribution in [2.24, 2.45) is 0 Å². The first kappa shape index (κ1) is 19.1. The third kappa shape index (κ3) is 4.42. The van der Waals surface area contributed by atoms with Gasteiger partial charge in [-0.3, -0.25) is 4.79 Å². The zero-order valence-corrected chi connectivity index (χ0v) is 14.1. The van der Waals surface area contributed by atoms with E-state index in [1.165, 1.54) is 11.0 Å². The number of nitriles is 1. The summed E-state index contributed by atoms with van der Waals surface area (Å²) >= 11 is 0. The highest BCUT2D eigenvalue weighted by atomic mass is 19.4. The number of piperidine rings is 1. The van der Waals surface area contributed by atoms with Crippen molar-refractivity contribution in [1.29, 1.82) is 5.26 Å². The molecule has 0 spiro atoms. The molecule has 0 saturated carbocycles. The second kappa shape index (κ2) is 6.92. The fraction of sp³-hybridized carbons (Fsp3) is 0.529. The molecular weight excluding hydrogens is 335 g/mol. The molecular formula is C17H20F3N3O2. The molecule has 136 valence electrons. The predicted molar refractivity (Wildman–Crippen MR) is 85.9 cm³/mol. The van der Waals surface area contributed by atoms with E-state index < -0.39 is 22.9 Å². The number of carbonyl (C=O) groups excluding carboxylic acids is 1. The van der Waals surface area contributed by atoms with Gasteiger partial charge in [0.1, 0.15) is 0 Å². The number of aliphatic hydroxyl groups is 1. The quantitative estimate of drug-likeness (QED) is 0.904. The Balaban J connectivity index is 2.27. The van der Waals surface area contributed by atoms with E-state index in [9.17, 15) is 23.1 Å². The number of hydrogen-bond acceptors (Lipinski definition) is 4. The fourth-order valence-electron chi connectivity index (χ4n) is 2.98. The minimum absolute atomic E-state index is 0.0653. The number of halogens is 3. The third-order valence-electron chi connectivity index (χ3n) is 4.33. The van der Waals surface area contributed by atoms with E-state index in [1.807, 2.05) is 0 Å². The van der Waals surface area contributed by atoms with Crippen molar-refractivity contribution < 1.29 is 23.1 Å². The minimum Gasteiger partial charge on any atom is -0.388 e. The van der Waals surface area contributed by atoms with Crippen molar-refractivity contribution in [3.05, 3.63) is 29.3 Å². The fourth-order valence-corrected chi connectivity index (χ4v) is 2.98. The molecule has 2 rings (SSSR count). The first-order valence-electron chi connectivity index (χ1n) is 7.84. The van der Waals surface area contributed by atoms with Gasteiger partial charge in [-0.2, -0.15) is 18.4 Å². The number of alkyl halides is 3. The number of rotatable bonds is 3. The van der Waals surface area contributed by atoms with Gasteiger partial charge in [0.25, 0.3) is 0 Å². The molecule has 1 saturated heterocycles. The van der Waals surface area contributed by atoms with Crippen LogP contribution in [0.25, 0.3) is 0 Å². The molecule has 1 aliphatic rings. The van der Waals surface area contributed by atoms with Crippen LogP contribution in [0.4, 0.5) is 18.9 Å². The molecule has 1 aromatic carbocycles. The summed E-state index contributed by atoms with van der Waals surface area (Å²) in [6.07, 6.45) is -3.75. The zero-order chi connectivity index (χ0) is 18.8. The minimum atomic E-state index is -4.63. The Morgan fingerprint density at radius 3 is 2.68 bits per heavy atom. The Bertz CT molecular complexity index is 697. The van der Waals surface area contributed by atoms with E-state index in [-0.39, 0.29) is 24.6 Å². The van der Waals surface area contributed by atoms with Crippen molar-refractivity contribution in [2.75, 3.05) is 32.1 Å². The summed E-state index contributed by atoms with van der Waals surface area (Å²) in [5.74, 6) is -0.236. The third-order valence-corrected chi connectivity index (χ3v) is 4.33. The molecule has 0 radical (unpaired) electrons. The first-order valence-corrected chi connectivity index (χ1v) is 7.84. The lowest BCUT2D eigenvalue weighted by molar-refractivity contribution is -0.137. The summed E-state index contributed by atoms with van der Waals surface area (Å²) in [6.45, 7) is 0.539. The van der Waals surface area contributed by atoms with Crippen molar-refractivity contribution in [3.63, 3.8) is 0 Å². The van der Waals surface area contributed by atoms with Crippen LogP contribution in [-0.2, 0) is 11.0 Å². The van der Waals surface area contributed by atoms with Crippen LogP contribution in [0.2, 0.25) is 0 Å². The molecule has 8 heteroatoms. The van der Waals surface area contributed by atoms with Crippen LogP contribution in [0.1, 0.15) is 30.4 Å². The van der Waals surface area contributed by atoms with Crippen molar-refractivity contribution >= 4 is 11.6 Å². The Labute approximate surface area is 144 Å². The molecule has 0 bridgehead atoms. The smallest absolute Gasteiger partial charge is 0.388 e. The van der Waals surface area contributed by atoms with Crippen molar-refractivity contribution in [3.8, 4) is 6.07 Å². The van der Waals surface area contributed by atoms with E-state index in [0.717, 1.165) is 12.1 Å². The number of anilines is 1. The van der Waals surface area contributed by atoms with Gasteiger partial charge in [0.15, 0.2) is 0 Å². The Kier molecular flexibility index (Phi) is 5.28. The zero-order valence-electron chi connectivity index (χ0n) is 14.1. The van der Waals surface area contributed by atoms with E-state index >= 15 is 0 Å². The average molecular weight is 355 g/mol. The number of carbonyl (C=O) groups is 1. The van der Waals surface area contributed by atoms with E-state index in [4.69, 9.17) is 5.26 Å². The molecule has 1 aromatic rings. The van der Waals surface area contributed by atoms with Crippen LogP contribution in [0.3, 0.4) is 0 Å². The van der Waals surface area contributed by atoms with Crippen LogP contribution in [0, 0.1) is 11.3 Å². The summed E-state index contributed by atoms with van der Waals surface area (Å²) in [5.41, 5.74) is -2.44. The lowest BCUT2D eigenvalue weighted by Gasteiger charge is -2.40. The molecule has 1 N–H and O–H groups in total. The van der Waals surface area contributed by atoms with Crippen LogP contribution in [0.5, 0.6) is 0 Å². The SMILES string of the molecule is CN(C)C(=O)CC1(O)CCCN(c2ccc(C#N)c(C(F)(F)F)c2)C1. The monoisotopic (exact) mass is 355 g/mol. The lowest BCUT2D eigenvalue weighted by atomic mass is 9.88. The number of nitrogens with zero attached hydrogens (tertiary/aromatic N) is 3. The Hall–Kier alpha value is -2.27. The maximum Gasteiger partial charge on any atom is 0.417 e. The standard InChI is InChI=1S/C17H20F3N3O2/c1-22(2)15(24)9-16(25)6-3-7-23(11-16)13-5-4-12(10-21)14(8-13)17(18,19)20/h4-5,8,25H,3,6-7,9,11H2,1-2H3. The molecule has 1 heterocycles. The highest BCUT2D eigenvalue weighted by Crippen LogP contribution is 2.36. The van der Waals surface area contributed by atoms with Gasteiger partial charge in [0.2, 0.25) is 5.91 Å².